The van der Waals surface area contributed by atoms with E-state index < -0.39 is 11.6 Å². The first-order valence-corrected chi connectivity index (χ1v) is 19.4. The molecule has 0 radical (unpaired) electrons. The minimum absolute atomic E-state index is 0.0979. The van der Waals surface area contributed by atoms with Gasteiger partial charge in [-0.1, -0.05) is 41.7 Å². The molecule has 0 aliphatic heterocycles. The van der Waals surface area contributed by atoms with Crippen molar-refractivity contribution in [3.05, 3.63) is 102 Å². The number of aromatic amines is 1. The largest absolute Gasteiger partial charge is 0.506 e. The minimum atomic E-state index is -1.77. The molecule has 49 heavy (non-hydrogen) atoms. The first-order chi connectivity index (χ1) is 23.8. The third kappa shape index (κ3) is 7.08. The molecule has 7 rings (SSSR count). The van der Waals surface area contributed by atoms with Gasteiger partial charge in [-0.2, -0.15) is 0 Å². The number of rotatable bonds is 15. The maximum Gasteiger partial charge on any atom is 0.349 e. The lowest BCUT2D eigenvalue weighted by atomic mass is 9.96. The number of thiophene rings is 2. The zero-order chi connectivity index (χ0) is 34.0. The molecule has 2 fully saturated rings. The third-order valence-corrected chi connectivity index (χ3v) is 12.9. The Labute approximate surface area is 297 Å². The van der Waals surface area contributed by atoms with E-state index in [9.17, 15) is 19.8 Å². The van der Waals surface area contributed by atoms with Crippen LogP contribution >= 0.6 is 34.0 Å². The number of H-pyrrole nitrogens is 1. The predicted octanol–water partition coefficient (Wildman–Crippen LogP) is 6.10. The molecule has 2 aliphatic rings. The second kappa shape index (κ2) is 14.8. The molecule has 2 aromatic carbocycles. The van der Waals surface area contributed by atoms with Crippen molar-refractivity contribution in [3.63, 3.8) is 0 Å². The lowest BCUT2D eigenvalue weighted by Gasteiger charge is -2.31. The van der Waals surface area contributed by atoms with Crippen LogP contribution in [0, 0.1) is 11.8 Å². The van der Waals surface area contributed by atoms with Gasteiger partial charge in [0.1, 0.15) is 23.1 Å². The Balaban J connectivity index is 0.865. The molecule has 2 saturated carbocycles. The minimum Gasteiger partial charge on any atom is -0.506 e. The molecule has 4 atom stereocenters. The molecule has 3 heterocycles. The molecular formula is C37H41N3O6S3. The standard InChI is InChI=1S/C37H41N3O6S3/c1-40(33-25-10-12-27(33)29(21-25)46-35(42)37(44,30-8-3-18-47-30)31-9-4-19-48-31)16-5-17-45-26-7-2-6-23(20-26)22-38-15-14-24-11-13-28(41)32-34(24)49-36(43)39-32/h2-4,6-9,11,13,18-20,25,27,29,33,38,41,44H,5,10,12,14-17,21-22H2,1H3,(H,39,43). The predicted molar refractivity (Wildman–Crippen MR) is 195 cm³/mol. The van der Waals surface area contributed by atoms with Crippen molar-refractivity contribution in [2.75, 3.05) is 26.7 Å². The number of phenolic OH excluding ortho intramolecular Hbond substituents is 1. The number of carbonyl (C=O) groups is 1. The molecule has 2 bridgehead atoms. The monoisotopic (exact) mass is 719 g/mol. The lowest BCUT2D eigenvalue weighted by Crippen LogP contribution is -2.42. The summed E-state index contributed by atoms with van der Waals surface area (Å²) in [6.07, 6.45) is 4.42. The average molecular weight is 720 g/mol. The van der Waals surface area contributed by atoms with Crippen molar-refractivity contribution in [3.8, 4) is 11.5 Å². The molecule has 0 amide bonds. The van der Waals surface area contributed by atoms with Gasteiger partial charge in [-0.25, -0.2) is 4.79 Å². The molecule has 0 spiro atoms. The Hall–Kier alpha value is -3.52. The van der Waals surface area contributed by atoms with E-state index in [0.29, 0.717) is 40.4 Å². The molecule has 5 aromatic rings. The Morgan fingerprint density at radius 2 is 1.88 bits per heavy atom. The molecule has 3 aromatic heterocycles. The number of fused-ring (bicyclic) bond motifs is 3. The van der Waals surface area contributed by atoms with Crippen LogP contribution in [-0.2, 0) is 28.1 Å². The van der Waals surface area contributed by atoms with E-state index in [2.05, 4.69) is 34.4 Å². The Bertz CT molecular complexity index is 1890. The van der Waals surface area contributed by atoms with Crippen molar-refractivity contribution < 1.29 is 24.5 Å². The van der Waals surface area contributed by atoms with Gasteiger partial charge >= 0.3 is 10.8 Å². The van der Waals surface area contributed by atoms with Gasteiger partial charge in [-0.3, -0.25) is 4.79 Å². The van der Waals surface area contributed by atoms with E-state index in [1.165, 1.54) is 22.7 Å². The number of phenols is 1. The summed E-state index contributed by atoms with van der Waals surface area (Å²) < 4.78 is 13.1. The number of ether oxygens (including phenoxy) is 2. The van der Waals surface area contributed by atoms with Crippen LogP contribution in [0.15, 0.2) is 76.2 Å². The maximum absolute atomic E-state index is 13.6. The highest BCUT2D eigenvalue weighted by Crippen LogP contribution is 2.49. The molecule has 4 N–H and O–H groups in total. The molecule has 0 saturated heterocycles. The Morgan fingerprint density at radius 1 is 1.08 bits per heavy atom. The van der Waals surface area contributed by atoms with Gasteiger partial charge < -0.3 is 34.9 Å². The highest BCUT2D eigenvalue weighted by Gasteiger charge is 2.53. The summed E-state index contributed by atoms with van der Waals surface area (Å²) in [5.41, 5.74) is 0.899. The first-order valence-electron chi connectivity index (χ1n) is 16.8. The van der Waals surface area contributed by atoms with E-state index in [-0.39, 0.29) is 22.6 Å². The zero-order valence-electron chi connectivity index (χ0n) is 27.3. The first kappa shape index (κ1) is 34.0. The number of hydrogen-bond donors (Lipinski definition) is 4. The van der Waals surface area contributed by atoms with Crippen LogP contribution in [0.1, 0.15) is 46.6 Å². The smallest absolute Gasteiger partial charge is 0.349 e. The number of nitrogens with one attached hydrogen (secondary N) is 2. The van der Waals surface area contributed by atoms with Crippen LogP contribution < -0.4 is 14.9 Å². The van der Waals surface area contributed by atoms with Crippen LogP contribution in [0.4, 0.5) is 0 Å². The number of esters is 1. The number of carbonyl (C=O) groups excluding carboxylic acids is 1. The van der Waals surface area contributed by atoms with E-state index in [4.69, 9.17) is 9.47 Å². The van der Waals surface area contributed by atoms with Crippen LogP contribution in [0.5, 0.6) is 11.5 Å². The van der Waals surface area contributed by atoms with Crippen molar-refractivity contribution in [1.82, 2.24) is 15.2 Å². The summed E-state index contributed by atoms with van der Waals surface area (Å²) in [4.78, 5) is 31.5. The summed E-state index contributed by atoms with van der Waals surface area (Å²) in [5, 5.41) is 28.9. The second-order valence-electron chi connectivity index (χ2n) is 13.1. The number of nitrogens with zero attached hydrogens (tertiary/aromatic N) is 1. The number of benzene rings is 2. The molecule has 9 nitrogen and oxygen atoms in total. The number of aromatic nitrogens is 1. The summed E-state index contributed by atoms with van der Waals surface area (Å²) in [7, 11) is 2.17. The fraction of sp³-hybridized carbons (Fsp3) is 0.405. The number of thiazole rings is 1. The van der Waals surface area contributed by atoms with E-state index in [1.807, 2.05) is 41.1 Å². The lowest BCUT2D eigenvalue weighted by molar-refractivity contribution is -0.170. The zero-order valence-corrected chi connectivity index (χ0v) is 29.8. The van der Waals surface area contributed by atoms with Gasteiger partial charge in [0.05, 0.1) is 21.1 Å². The molecule has 258 valence electrons. The van der Waals surface area contributed by atoms with Gasteiger partial charge in [-0.15, -0.1) is 22.7 Å². The number of aliphatic hydroxyl groups is 1. The molecule has 12 heteroatoms. The van der Waals surface area contributed by atoms with Gasteiger partial charge in [0.15, 0.2) is 0 Å². The van der Waals surface area contributed by atoms with Gasteiger partial charge in [0, 0.05) is 25.0 Å². The Kier molecular flexibility index (Phi) is 10.2. The average Bonchev–Trinajstić information content (AvgIpc) is 3.95. The second-order valence-corrected chi connectivity index (χ2v) is 15.9. The fourth-order valence-electron chi connectivity index (χ4n) is 7.69. The Morgan fingerprint density at radius 3 is 2.63 bits per heavy atom. The van der Waals surface area contributed by atoms with Gasteiger partial charge in [-0.05, 0) is 104 Å². The van der Waals surface area contributed by atoms with Gasteiger partial charge in [0.2, 0.25) is 5.60 Å². The normalized spacial score (nSPS) is 20.4. The van der Waals surface area contributed by atoms with Crippen LogP contribution in [0.25, 0.3) is 10.2 Å². The topological polar surface area (TPSA) is 124 Å². The summed E-state index contributed by atoms with van der Waals surface area (Å²) in [5.74, 6) is 1.10. The highest BCUT2D eigenvalue weighted by atomic mass is 32.1. The van der Waals surface area contributed by atoms with E-state index in [1.54, 1.807) is 18.2 Å². The SMILES string of the molecule is CN(CCCOc1cccc(CNCCc2ccc(O)c3[nH]c(=O)sc23)c1)C1C2CCC1C(OC(=O)C(O)(c1cccs1)c1cccs1)C2. The summed E-state index contributed by atoms with van der Waals surface area (Å²) in [6.45, 7) is 2.91. The fourth-order valence-corrected chi connectivity index (χ4v) is 10.3. The van der Waals surface area contributed by atoms with Crippen LogP contribution in [0.2, 0.25) is 0 Å². The van der Waals surface area contributed by atoms with Crippen molar-refractivity contribution in [1.29, 1.82) is 0 Å². The van der Waals surface area contributed by atoms with E-state index in [0.717, 1.165) is 78.1 Å². The summed E-state index contributed by atoms with van der Waals surface area (Å²) in [6, 6.07) is 19.3. The van der Waals surface area contributed by atoms with Crippen molar-refractivity contribution in [2.45, 2.75) is 56.4 Å². The maximum atomic E-state index is 13.6. The van der Waals surface area contributed by atoms with E-state index >= 15 is 0 Å². The van der Waals surface area contributed by atoms with Crippen molar-refractivity contribution >= 4 is 50.2 Å². The van der Waals surface area contributed by atoms with Gasteiger partial charge in [0.25, 0.3) is 0 Å². The molecule has 4 unspecified atom stereocenters. The number of aromatic hydroxyl groups is 1. The number of hydrogen-bond acceptors (Lipinski definition) is 11. The van der Waals surface area contributed by atoms with Crippen LogP contribution in [-0.4, -0.2) is 65.0 Å². The van der Waals surface area contributed by atoms with Crippen molar-refractivity contribution in [2.24, 2.45) is 11.8 Å². The highest BCUT2D eigenvalue weighted by molar-refractivity contribution is 7.16. The third-order valence-electron chi connectivity index (χ3n) is 9.99. The van der Waals surface area contributed by atoms with Crippen LogP contribution in [0.3, 0.4) is 0 Å². The quantitative estimate of drug-likeness (QED) is 0.0757. The summed E-state index contributed by atoms with van der Waals surface area (Å²) >= 11 is 3.86. The molecule has 2 aliphatic carbocycles. The molecular weight excluding hydrogens is 679 g/mol.